The van der Waals surface area contributed by atoms with Gasteiger partial charge in [0.15, 0.2) is 5.96 Å². The second kappa shape index (κ2) is 10.2. The molecule has 26 heavy (non-hydrogen) atoms. The zero-order valence-electron chi connectivity index (χ0n) is 15.2. The first kappa shape index (κ1) is 19.4. The molecule has 0 spiro atoms. The molecule has 0 saturated heterocycles. The Labute approximate surface area is 153 Å². The highest BCUT2D eigenvalue weighted by Gasteiger charge is 2.04. The number of carbonyl (C=O) groups is 1. The topological polar surface area (TPSA) is 65.5 Å². The number of guanidine groups is 1. The van der Waals surface area contributed by atoms with Crippen molar-refractivity contribution in [2.75, 3.05) is 20.1 Å². The van der Waals surface area contributed by atoms with Crippen LogP contribution in [0.1, 0.15) is 28.4 Å². The van der Waals surface area contributed by atoms with Crippen LogP contribution in [-0.2, 0) is 13.0 Å². The minimum absolute atomic E-state index is 0.0646. The molecule has 0 aliphatic carbocycles. The zero-order valence-corrected chi connectivity index (χ0v) is 15.2. The number of nitrogens with zero attached hydrogens (tertiary/aromatic N) is 1. The van der Waals surface area contributed by atoms with E-state index >= 15 is 0 Å². The van der Waals surface area contributed by atoms with Crippen LogP contribution in [0.4, 0.5) is 4.39 Å². The summed E-state index contributed by atoms with van der Waals surface area (Å²) in [5.74, 6) is 0.405. The number of benzene rings is 2. The lowest BCUT2D eigenvalue weighted by molar-refractivity contribution is 0.0956. The van der Waals surface area contributed by atoms with Crippen molar-refractivity contribution in [3.05, 3.63) is 71.0 Å². The third kappa shape index (κ3) is 6.20. The third-order valence-electron chi connectivity index (χ3n) is 3.86. The van der Waals surface area contributed by atoms with E-state index in [4.69, 9.17) is 0 Å². The van der Waals surface area contributed by atoms with Gasteiger partial charge >= 0.3 is 0 Å². The van der Waals surface area contributed by atoms with Crippen LogP contribution in [0, 0.1) is 5.82 Å². The minimum atomic E-state index is -0.225. The van der Waals surface area contributed by atoms with Crippen LogP contribution in [0.5, 0.6) is 0 Å². The molecule has 6 heteroatoms. The fourth-order valence-corrected chi connectivity index (χ4v) is 2.42. The van der Waals surface area contributed by atoms with E-state index in [1.165, 1.54) is 12.1 Å². The zero-order chi connectivity index (χ0) is 18.8. The summed E-state index contributed by atoms with van der Waals surface area (Å²) in [6.45, 7) is 3.81. The maximum Gasteiger partial charge on any atom is 0.251 e. The molecular weight excluding hydrogens is 331 g/mol. The molecule has 0 aromatic heterocycles. The standard InChI is InChI=1S/C20H25FN4O/c1-3-23-19(26)17-8-4-16(5-9-17)14-25-20(22-2)24-13-12-15-6-10-18(21)11-7-15/h4-11H,3,12-14H2,1-2H3,(H,23,26)(H2,22,24,25). The summed E-state index contributed by atoms with van der Waals surface area (Å²) >= 11 is 0. The van der Waals surface area contributed by atoms with E-state index in [0.29, 0.717) is 31.2 Å². The molecule has 1 amide bonds. The maximum absolute atomic E-state index is 12.9. The Morgan fingerprint density at radius 3 is 2.23 bits per heavy atom. The fraction of sp³-hybridized carbons (Fsp3) is 0.300. The number of amides is 1. The fourth-order valence-electron chi connectivity index (χ4n) is 2.42. The lowest BCUT2D eigenvalue weighted by Gasteiger charge is -2.12. The molecule has 0 aliphatic heterocycles. The van der Waals surface area contributed by atoms with Gasteiger partial charge in [-0.15, -0.1) is 0 Å². The molecule has 2 aromatic rings. The SMILES string of the molecule is CCNC(=O)c1ccc(CNC(=NC)NCCc2ccc(F)cc2)cc1. The second-order valence-electron chi connectivity index (χ2n) is 5.79. The Kier molecular flexibility index (Phi) is 7.61. The van der Waals surface area contributed by atoms with Crippen LogP contribution in [-0.4, -0.2) is 32.0 Å². The number of rotatable bonds is 7. The van der Waals surface area contributed by atoms with E-state index in [2.05, 4.69) is 20.9 Å². The summed E-state index contributed by atoms with van der Waals surface area (Å²) in [7, 11) is 1.71. The average Bonchev–Trinajstić information content (AvgIpc) is 2.66. The number of carbonyl (C=O) groups excluding carboxylic acids is 1. The van der Waals surface area contributed by atoms with Crippen LogP contribution in [0.15, 0.2) is 53.5 Å². The summed E-state index contributed by atoms with van der Waals surface area (Å²) < 4.78 is 12.9. The van der Waals surface area contributed by atoms with Gasteiger partial charge in [0.1, 0.15) is 5.82 Å². The predicted molar refractivity (Wildman–Crippen MR) is 103 cm³/mol. The molecule has 2 rings (SSSR count). The predicted octanol–water partition coefficient (Wildman–Crippen LogP) is 2.48. The molecule has 0 atom stereocenters. The Morgan fingerprint density at radius 2 is 1.62 bits per heavy atom. The smallest absolute Gasteiger partial charge is 0.251 e. The molecule has 0 fully saturated rings. The Balaban J connectivity index is 1.77. The quantitative estimate of drug-likeness (QED) is 0.527. The Hall–Kier alpha value is -2.89. The van der Waals surface area contributed by atoms with Gasteiger partial charge in [-0.1, -0.05) is 24.3 Å². The number of aliphatic imine (C=N–C) groups is 1. The van der Waals surface area contributed by atoms with E-state index in [0.717, 1.165) is 17.5 Å². The Morgan fingerprint density at radius 1 is 0.962 bits per heavy atom. The molecule has 0 radical (unpaired) electrons. The van der Waals surface area contributed by atoms with Gasteiger partial charge in [-0.05, 0) is 48.7 Å². The average molecular weight is 356 g/mol. The lowest BCUT2D eigenvalue weighted by Crippen LogP contribution is -2.37. The van der Waals surface area contributed by atoms with E-state index in [1.807, 2.05) is 31.2 Å². The summed E-state index contributed by atoms with van der Waals surface area (Å²) in [4.78, 5) is 15.9. The first-order chi connectivity index (χ1) is 12.6. The van der Waals surface area contributed by atoms with Gasteiger partial charge in [0.25, 0.3) is 5.91 Å². The van der Waals surface area contributed by atoms with Gasteiger partial charge in [-0.3, -0.25) is 9.79 Å². The van der Waals surface area contributed by atoms with Gasteiger partial charge in [-0.25, -0.2) is 4.39 Å². The van der Waals surface area contributed by atoms with Crippen molar-refractivity contribution in [2.24, 2.45) is 4.99 Å². The van der Waals surface area contributed by atoms with Crippen molar-refractivity contribution < 1.29 is 9.18 Å². The summed E-state index contributed by atoms with van der Waals surface area (Å²) in [5, 5.41) is 9.24. The Bertz CT molecular complexity index is 726. The molecule has 0 bridgehead atoms. The van der Waals surface area contributed by atoms with Crippen molar-refractivity contribution >= 4 is 11.9 Å². The number of hydrogen-bond acceptors (Lipinski definition) is 2. The molecule has 0 aliphatic rings. The monoisotopic (exact) mass is 356 g/mol. The van der Waals surface area contributed by atoms with E-state index in [-0.39, 0.29) is 11.7 Å². The van der Waals surface area contributed by atoms with E-state index in [9.17, 15) is 9.18 Å². The van der Waals surface area contributed by atoms with Crippen LogP contribution in [0.25, 0.3) is 0 Å². The van der Waals surface area contributed by atoms with Crippen molar-refractivity contribution in [3.8, 4) is 0 Å². The summed E-state index contributed by atoms with van der Waals surface area (Å²) in [5.41, 5.74) is 2.77. The first-order valence-electron chi connectivity index (χ1n) is 8.68. The first-order valence-corrected chi connectivity index (χ1v) is 8.68. The second-order valence-corrected chi connectivity index (χ2v) is 5.79. The van der Waals surface area contributed by atoms with Crippen molar-refractivity contribution in [2.45, 2.75) is 19.9 Å². The van der Waals surface area contributed by atoms with Crippen LogP contribution < -0.4 is 16.0 Å². The highest BCUT2D eigenvalue weighted by Crippen LogP contribution is 2.05. The normalized spacial score (nSPS) is 11.1. The van der Waals surface area contributed by atoms with Crippen molar-refractivity contribution in [1.82, 2.24) is 16.0 Å². The largest absolute Gasteiger partial charge is 0.356 e. The van der Waals surface area contributed by atoms with Crippen LogP contribution in [0.3, 0.4) is 0 Å². The van der Waals surface area contributed by atoms with E-state index < -0.39 is 0 Å². The molecule has 138 valence electrons. The van der Waals surface area contributed by atoms with Gasteiger partial charge in [0.2, 0.25) is 0 Å². The van der Waals surface area contributed by atoms with Gasteiger partial charge < -0.3 is 16.0 Å². The lowest BCUT2D eigenvalue weighted by atomic mass is 10.1. The summed E-state index contributed by atoms with van der Waals surface area (Å²) in [6.07, 6.45) is 0.780. The number of hydrogen-bond donors (Lipinski definition) is 3. The molecule has 3 N–H and O–H groups in total. The third-order valence-corrected chi connectivity index (χ3v) is 3.86. The maximum atomic E-state index is 12.9. The van der Waals surface area contributed by atoms with Gasteiger partial charge in [-0.2, -0.15) is 0 Å². The molecule has 0 saturated carbocycles. The van der Waals surface area contributed by atoms with Gasteiger partial charge in [0, 0.05) is 32.2 Å². The summed E-state index contributed by atoms with van der Waals surface area (Å²) in [6, 6.07) is 14.0. The van der Waals surface area contributed by atoms with E-state index in [1.54, 1.807) is 19.2 Å². The molecule has 0 unspecified atom stereocenters. The molecule has 2 aromatic carbocycles. The van der Waals surface area contributed by atoms with Crippen LogP contribution >= 0.6 is 0 Å². The molecule has 5 nitrogen and oxygen atoms in total. The van der Waals surface area contributed by atoms with Crippen molar-refractivity contribution in [1.29, 1.82) is 0 Å². The number of halogens is 1. The van der Waals surface area contributed by atoms with Crippen molar-refractivity contribution in [3.63, 3.8) is 0 Å². The highest BCUT2D eigenvalue weighted by molar-refractivity contribution is 5.94. The molecule has 0 heterocycles. The van der Waals surface area contributed by atoms with Crippen LogP contribution in [0.2, 0.25) is 0 Å². The minimum Gasteiger partial charge on any atom is -0.356 e. The molecular formula is C20H25FN4O. The van der Waals surface area contributed by atoms with Gasteiger partial charge in [0.05, 0.1) is 0 Å². The number of nitrogens with one attached hydrogen (secondary N) is 3. The highest BCUT2D eigenvalue weighted by atomic mass is 19.1.